The van der Waals surface area contributed by atoms with Gasteiger partial charge in [0.05, 0.1) is 0 Å². The van der Waals surface area contributed by atoms with Gasteiger partial charge in [-0.3, -0.25) is 4.99 Å². The van der Waals surface area contributed by atoms with Gasteiger partial charge < -0.3 is 15.4 Å². The van der Waals surface area contributed by atoms with Crippen LogP contribution in [0.5, 0.6) is 0 Å². The first kappa shape index (κ1) is 14.0. The molecule has 0 radical (unpaired) electrons. The van der Waals surface area contributed by atoms with Crippen LogP contribution in [0.3, 0.4) is 0 Å². The monoisotopic (exact) mass is 271 g/mol. The number of rotatable bonds is 3. The molecule has 0 spiro atoms. The molecular formula is C13H25N3OS. The van der Waals surface area contributed by atoms with Crippen LogP contribution >= 0.6 is 11.8 Å². The fraction of sp³-hybridized carbons (Fsp3) is 0.923. The molecule has 2 heterocycles. The quantitative estimate of drug-likeness (QED) is 0.603. The summed E-state index contributed by atoms with van der Waals surface area (Å²) in [6, 6.07) is 0.520. The highest BCUT2D eigenvalue weighted by atomic mass is 32.2. The lowest BCUT2D eigenvalue weighted by atomic mass is 10.0. The second-order valence-electron chi connectivity index (χ2n) is 5.04. The first-order valence-corrected chi connectivity index (χ1v) is 8.16. The molecule has 104 valence electrons. The highest BCUT2D eigenvalue weighted by Gasteiger charge is 2.17. The molecule has 2 aliphatic heterocycles. The predicted molar refractivity (Wildman–Crippen MR) is 78.4 cm³/mol. The van der Waals surface area contributed by atoms with Gasteiger partial charge in [-0.25, -0.2) is 0 Å². The average molecular weight is 271 g/mol. The third-order valence-electron chi connectivity index (χ3n) is 3.68. The van der Waals surface area contributed by atoms with Gasteiger partial charge in [-0.2, -0.15) is 11.8 Å². The van der Waals surface area contributed by atoms with Gasteiger partial charge in [0.15, 0.2) is 5.96 Å². The maximum Gasteiger partial charge on any atom is 0.191 e. The summed E-state index contributed by atoms with van der Waals surface area (Å²) in [5, 5.41) is 6.97. The van der Waals surface area contributed by atoms with Gasteiger partial charge in [0, 0.05) is 32.8 Å². The summed E-state index contributed by atoms with van der Waals surface area (Å²) in [4.78, 5) is 4.31. The summed E-state index contributed by atoms with van der Waals surface area (Å²) >= 11 is 2.08. The molecule has 2 fully saturated rings. The van der Waals surface area contributed by atoms with E-state index in [0.717, 1.165) is 44.5 Å². The summed E-state index contributed by atoms with van der Waals surface area (Å²) in [6.45, 7) is 2.80. The third kappa shape index (κ3) is 4.69. The Hall–Kier alpha value is -0.420. The Balaban J connectivity index is 1.68. The minimum atomic E-state index is 0.520. The molecule has 2 rings (SSSR count). The van der Waals surface area contributed by atoms with Gasteiger partial charge >= 0.3 is 0 Å². The summed E-state index contributed by atoms with van der Waals surface area (Å²) in [7, 11) is 1.85. The maximum atomic E-state index is 5.37. The SMILES string of the molecule is CN=C(NCC1CCSCC1)NC1CCOCC1. The number of ether oxygens (including phenoxy) is 1. The van der Waals surface area contributed by atoms with E-state index in [0.29, 0.717) is 6.04 Å². The maximum absolute atomic E-state index is 5.37. The van der Waals surface area contributed by atoms with E-state index < -0.39 is 0 Å². The summed E-state index contributed by atoms with van der Waals surface area (Å²) in [5.74, 6) is 4.41. The standard InChI is InChI=1S/C13H25N3OS/c1-14-13(16-12-2-6-17-7-3-12)15-10-11-4-8-18-9-5-11/h11-12H,2-10H2,1H3,(H2,14,15,16). The molecule has 2 saturated heterocycles. The number of aliphatic imine (C=N–C) groups is 1. The Kier molecular flexibility index (Phi) is 6.14. The van der Waals surface area contributed by atoms with Gasteiger partial charge in [0.2, 0.25) is 0 Å². The lowest BCUT2D eigenvalue weighted by Gasteiger charge is -2.27. The summed E-state index contributed by atoms with van der Waals surface area (Å²) in [6.07, 6.45) is 4.85. The topological polar surface area (TPSA) is 45.7 Å². The Morgan fingerprint density at radius 3 is 2.61 bits per heavy atom. The fourth-order valence-corrected chi connectivity index (χ4v) is 3.63. The Bertz CT molecular complexity index is 261. The first-order chi connectivity index (χ1) is 8.88. The van der Waals surface area contributed by atoms with Crippen molar-refractivity contribution in [2.45, 2.75) is 31.7 Å². The molecule has 0 aromatic rings. The molecule has 4 nitrogen and oxygen atoms in total. The van der Waals surface area contributed by atoms with E-state index in [1.807, 2.05) is 7.05 Å². The minimum absolute atomic E-state index is 0.520. The molecular weight excluding hydrogens is 246 g/mol. The van der Waals surface area contributed by atoms with Crippen LogP contribution in [-0.2, 0) is 4.74 Å². The van der Waals surface area contributed by atoms with Gasteiger partial charge in [-0.15, -0.1) is 0 Å². The van der Waals surface area contributed by atoms with Crippen molar-refractivity contribution in [2.75, 3.05) is 38.3 Å². The van der Waals surface area contributed by atoms with E-state index in [-0.39, 0.29) is 0 Å². The lowest BCUT2D eigenvalue weighted by molar-refractivity contribution is 0.0822. The number of guanidine groups is 1. The van der Waals surface area contributed by atoms with Crippen molar-refractivity contribution in [1.82, 2.24) is 10.6 Å². The molecule has 0 atom stereocenters. The number of thioether (sulfide) groups is 1. The van der Waals surface area contributed by atoms with E-state index in [1.165, 1.54) is 24.3 Å². The number of hydrogen-bond donors (Lipinski definition) is 2. The van der Waals surface area contributed by atoms with Crippen molar-refractivity contribution in [2.24, 2.45) is 10.9 Å². The van der Waals surface area contributed by atoms with Crippen LogP contribution in [0.25, 0.3) is 0 Å². The largest absolute Gasteiger partial charge is 0.381 e. The average Bonchev–Trinajstić information content (AvgIpc) is 2.45. The van der Waals surface area contributed by atoms with Crippen LogP contribution in [0.1, 0.15) is 25.7 Å². The van der Waals surface area contributed by atoms with E-state index >= 15 is 0 Å². The molecule has 2 N–H and O–H groups in total. The zero-order valence-electron chi connectivity index (χ0n) is 11.3. The summed E-state index contributed by atoms with van der Waals surface area (Å²) in [5.41, 5.74) is 0. The fourth-order valence-electron chi connectivity index (χ4n) is 2.42. The normalized spacial score (nSPS) is 23.9. The third-order valence-corrected chi connectivity index (χ3v) is 4.73. The zero-order valence-corrected chi connectivity index (χ0v) is 12.1. The number of hydrogen-bond acceptors (Lipinski definition) is 3. The van der Waals surface area contributed by atoms with E-state index in [4.69, 9.17) is 4.74 Å². The Morgan fingerprint density at radius 1 is 1.22 bits per heavy atom. The lowest BCUT2D eigenvalue weighted by Crippen LogP contribution is -2.47. The highest BCUT2D eigenvalue weighted by Crippen LogP contribution is 2.21. The molecule has 5 heteroatoms. The van der Waals surface area contributed by atoms with Crippen molar-refractivity contribution in [1.29, 1.82) is 0 Å². The number of nitrogens with zero attached hydrogens (tertiary/aromatic N) is 1. The second kappa shape index (κ2) is 7.89. The number of nitrogens with one attached hydrogen (secondary N) is 2. The Morgan fingerprint density at radius 2 is 1.94 bits per heavy atom. The van der Waals surface area contributed by atoms with Gasteiger partial charge in [0.25, 0.3) is 0 Å². The molecule has 0 saturated carbocycles. The molecule has 0 unspecified atom stereocenters. The van der Waals surface area contributed by atoms with Crippen molar-refractivity contribution in [3.05, 3.63) is 0 Å². The van der Waals surface area contributed by atoms with Gasteiger partial charge in [-0.05, 0) is 43.1 Å². The van der Waals surface area contributed by atoms with Crippen molar-refractivity contribution in [3.8, 4) is 0 Å². The van der Waals surface area contributed by atoms with Crippen LogP contribution in [-0.4, -0.2) is 50.3 Å². The van der Waals surface area contributed by atoms with E-state index in [2.05, 4.69) is 27.4 Å². The van der Waals surface area contributed by atoms with Crippen LogP contribution < -0.4 is 10.6 Å². The minimum Gasteiger partial charge on any atom is -0.381 e. The van der Waals surface area contributed by atoms with E-state index in [9.17, 15) is 0 Å². The van der Waals surface area contributed by atoms with Crippen LogP contribution in [0.15, 0.2) is 4.99 Å². The zero-order chi connectivity index (χ0) is 12.6. The smallest absolute Gasteiger partial charge is 0.191 e. The van der Waals surface area contributed by atoms with Crippen LogP contribution in [0.4, 0.5) is 0 Å². The van der Waals surface area contributed by atoms with Gasteiger partial charge in [-0.1, -0.05) is 0 Å². The molecule has 0 aliphatic carbocycles. The van der Waals surface area contributed by atoms with Gasteiger partial charge in [0.1, 0.15) is 0 Å². The van der Waals surface area contributed by atoms with Crippen LogP contribution in [0.2, 0.25) is 0 Å². The van der Waals surface area contributed by atoms with Crippen molar-refractivity contribution < 1.29 is 4.74 Å². The molecule has 0 aromatic carbocycles. The molecule has 0 bridgehead atoms. The molecule has 0 amide bonds. The first-order valence-electron chi connectivity index (χ1n) is 7.01. The van der Waals surface area contributed by atoms with Crippen LogP contribution in [0, 0.1) is 5.92 Å². The molecule has 18 heavy (non-hydrogen) atoms. The summed E-state index contributed by atoms with van der Waals surface area (Å²) < 4.78 is 5.37. The molecule has 0 aromatic heterocycles. The highest BCUT2D eigenvalue weighted by molar-refractivity contribution is 7.99. The van der Waals surface area contributed by atoms with Crippen molar-refractivity contribution in [3.63, 3.8) is 0 Å². The molecule has 2 aliphatic rings. The second-order valence-corrected chi connectivity index (χ2v) is 6.26. The van der Waals surface area contributed by atoms with E-state index in [1.54, 1.807) is 0 Å². The Labute approximate surface area is 114 Å². The predicted octanol–water partition coefficient (Wildman–Crippen LogP) is 1.47. The van der Waals surface area contributed by atoms with Crippen molar-refractivity contribution >= 4 is 17.7 Å².